The Bertz CT molecular complexity index is 896. The van der Waals surface area contributed by atoms with Crippen LogP contribution in [0.3, 0.4) is 0 Å². The summed E-state index contributed by atoms with van der Waals surface area (Å²) in [7, 11) is 1.90. The second-order valence-corrected chi connectivity index (χ2v) is 6.49. The Morgan fingerprint density at radius 2 is 1.96 bits per heavy atom. The molecule has 1 fully saturated rings. The number of hydrogen-bond acceptors (Lipinski definition) is 3. The Labute approximate surface area is 146 Å². The average Bonchev–Trinajstić information content (AvgIpc) is 3.34. The number of rotatable bonds is 3. The Morgan fingerprint density at radius 3 is 2.68 bits per heavy atom. The fourth-order valence-corrected chi connectivity index (χ4v) is 3.57. The summed E-state index contributed by atoms with van der Waals surface area (Å²) in [6, 6.07) is 9.98. The summed E-state index contributed by atoms with van der Waals surface area (Å²) in [6.45, 7) is 2.72. The first-order valence-electron chi connectivity index (χ1n) is 8.54. The van der Waals surface area contributed by atoms with Crippen molar-refractivity contribution in [2.75, 3.05) is 6.54 Å². The molecule has 6 heteroatoms. The SMILES string of the molecule is Cc1c(C(=O)N2CCC[C@@H]2c2cnn(C)c2)cnn1-c1ccccc1. The highest BCUT2D eigenvalue weighted by molar-refractivity contribution is 5.95. The number of likely N-dealkylation sites (tertiary alicyclic amines) is 1. The van der Waals surface area contributed by atoms with E-state index in [4.69, 9.17) is 0 Å². The minimum absolute atomic E-state index is 0.0473. The van der Waals surface area contributed by atoms with Gasteiger partial charge in [-0.25, -0.2) is 4.68 Å². The van der Waals surface area contributed by atoms with Crippen molar-refractivity contribution in [3.05, 3.63) is 65.7 Å². The largest absolute Gasteiger partial charge is 0.331 e. The maximum Gasteiger partial charge on any atom is 0.257 e. The number of para-hydroxylation sites is 1. The van der Waals surface area contributed by atoms with Crippen LogP contribution in [0, 0.1) is 6.92 Å². The van der Waals surface area contributed by atoms with Gasteiger partial charge in [-0.3, -0.25) is 9.48 Å². The molecule has 3 heterocycles. The van der Waals surface area contributed by atoms with Crippen molar-refractivity contribution in [1.29, 1.82) is 0 Å². The first-order chi connectivity index (χ1) is 12.1. The zero-order valence-electron chi connectivity index (χ0n) is 14.5. The predicted molar refractivity (Wildman–Crippen MR) is 94.5 cm³/mol. The molecule has 1 aliphatic rings. The number of benzene rings is 1. The first-order valence-corrected chi connectivity index (χ1v) is 8.54. The molecule has 1 saturated heterocycles. The third-order valence-corrected chi connectivity index (χ3v) is 4.86. The van der Waals surface area contributed by atoms with Crippen molar-refractivity contribution in [2.45, 2.75) is 25.8 Å². The molecule has 1 aromatic carbocycles. The number of nitrogens with zero attached hydrogens (tertiary/aromatic N) is 5. The summed E-state index contributed by atoms with van der Waals surface area (Å²) in [5.74, 6) is 0.0473. The van der Waals surface area contributed by atoms with Crippen molar-refractivity contribution >= 4 is 5.91 Å². The van der Waals surface area contributed by atoms with E-state index >= 15 is 0 Å². The van der Waals surface area contributed by atoms with E-state index < -0.39 is 0 Å². The molecular formula is C19H21N5O. The van der Waals surface area contributed by atoms with Crippen molar-refractivity contribution in [3.63, 3.8) is 0 Å². The molecule has 25 heavy (non-hydrogen) atoms. The van der Waals surface area contributed by atoms with Crippen LogP contribution in [0.15, 0.2) is 48.9 Å². The molecule has 3 aromatic rings. The van der Waals surface area contributed by atoms with Crippen LogP contribution in [-0.4, -0.2) is 36.9 Å². The molecule has 4 rings (SSSR count). The Morgan fingerprint density at radius 1 is 1.16 bits per heavy atom. The van der Waals surface area contributed by atoms with E-state index in [0.29, 0.717) is 5.56 Å². The van der Waals surface area contributed by atoms with Crippen molar-refractivity contribution in [2.24, 2.45) is 7.05 Å². The minimum Gasteiger partial charge on any atom is -0.331 e. The van der Waals surface area contributed by atoms with Gasteiger partial charge in [-0.05, 0) is 31.9 Å². The van der Waals surface area contributed by atoms with Crippen LogP contribution in [0.5, 0.6) is 0 Å². The summed E-state index contributed by atoms with van der Waals surface area (Å²) in [5, 5.41) is 8.68. The van der Waals surface area contributed by atoms with Gasteiger partial charge in [0.05, 0.1) is 35.4 Å². The maximum absolute atomic E-state index is 13.1. The van der Waals surface area contributed by atoms with Gasteiger partial charge in [-0.15, -0.1) is 0 Å². The number of hydrogen-bond donors (Lipinski definition) is 0. The van der Waals surface area contributed by atoms with Crippen LogP contribution >= 0.6 is 0 Å². The lowest BCUT2D eigenvalue weighted by Gasteiger charge is -2.23. The third kappa shape index (κ3) is 2.73. The summed E-state index contributed by atoms with van der Waals surface area (Å²) in [4.78, 5) is 15.1. The lowest BCUT2D eigenvalue weighted by atomic mass is 10.1. The molecule has 0 bridgehead atoms. The number of aryl methyl sites for hydroxylation is 1. The van der Waals surface area contributed by atoms with Gasteiger partial charge in [-0.2, -0.15) is 10.2 Å². The van der Waals surface area contributed by atoms with Crippen molar-refractivity contribution < 1.29 is 4.79 Å². The van der Waals surface area contributed by atoms with Crippen LogP contribution in [0.25, 0.3) is 5.69 Å². The van der Waals surface area contributed by atoms with Crippen LogP contribution < -0.4 is 0 Å². The average molecular weight is 335 g/mol. The zero-order chi connectivity index (χ0) is 17.4. The van der Waals surface area contributed by atoms with Gasteiger partial charge >= 0.3 is 0 Å². The molecule has 0 spiro atoms. The topological polar surface area (TPSA) is 56.0 Å². The van der Waals surface area contributed by atoms with E-state index in [9.17, 15) is 4.79 Å². The number of carbonyl (C=O) groups excluding carboxylic acids is 1. The molecule has 1 atom stereocenters. The fraction of sp³-hybridized carbons (Fsp3) is 0.316. The Hall–Kier alpha value is -2.89. The van der Waals surface area contributed by atoms with Crippen molar-refractivity contribution in [3.8, 4) is 5.69 Å². The van der Waals surface area contributed by atoms with E-state index in [0.717, 1.165) is 36.3 Å². The maximum atomic E-state index is 13.1. The molecule has 0 radical (unpaired) electrons. The van der Waals surface area contributed by atoms with E-state index in [2.05, 4.69) is 10.2 Å². The van der Waals surface area contributed by atoms with Crippen LogP contribution in [0.1, 0.15) is 40.5 Å². The molecular weight excluding hydrogens is 314 g/mol. The summed E-state index contributed by atoms with van der Waals surface area (Å²) < 4.78 is 3.61. The molecule has 1 aliphatic heterocycles. The molecule has 1 amide bonds. The monoisotopic (exact) mass is 335 g/mol. The van der Waals surface area contributed by atoms with E-state index in [1.54, 1.807) is 10.9 Å². The highest BCUT2D eigenvalue weighted by atomic mass is 16.2. The lowest BCUT2D eigenvalue weighted by Crippen LogP contribution is -2.30. The van der Waals surface area contributed by atoms with Crippen LogP contribution in [0.2, 0.25) is 0 Å². The molecule has 0 aliphatic carbocycles. The van der Waals surface area contributed by atoms with Gasteiger partial charge in [-0.1, -0.05) is 18.2 Å². The second-order valence-electron chi connectivity index (χ2n) is 6.49. The quantitative estimate of drug-likeness (QED) is 0.739. The summed E-state index contributed by atoms with van der Waals surface area (Å²) >= 11 is 0. The van der Waals surface area contributed by atoms with Gasteiger partial charge in [0, 0.05) is 25.4 Å². The highest BCUT2D eigenvalue weighted by Crippen LogP contribution is 2.33. The zero-order valence-corrected chi connectivity index (χ0v) is 14.5. The summed E-state index contributed by atoms with van der Waals surface area (Å²) in [6.07, 6.45) is 7.52. The number of aromatic nitrogens is 4. The molecule has 6 nitrogen and oxygen atoms in total. The molecule has 0 N–H and O–H groups in total. The van der Waals surface area contributed by atoms with Gasteiger partial charge in [0.2, 0.25) is 0 Å². The summed E-state index contributed by atoms with van der Waals surface area (Å²) in [5.41, 5.74) is 3.60. The standard InChI is InChI=1S/C19H21N5O/c1-14-17(12-21-24(14)16-7-4-3-5-8-16)19(25)23-10-6-9-18(23)15-11-20-22(2)13-15/h3-5,7-8,11-13,18H,6,9-10H2,1-2H3/t18-/m1/s1. The van der Waals surface area contributed by atoms with Gasteiger partial charge in [0.1, 0.15) is 0 Å². The Kier molecular flexibility index (Phi) is 3.87. The third-order valence-electron chi connectivity index (χ3n) is 4.86. The second kappa shape index (κ2) is 6.20. The first kappa shape index (κ1) is 15.6. The fourth-order valence-electron chi connectivity index (χ4n) is 3.57. The van der Waals surface area contributed by atoms with E-state index in [1.165, 1.54) is 0 Å². The highest BCUT2D eigenvalue weighted by Gasteiger charge is 2.32. The lowest BCUT2D eigenvalue weighted by molar-refractivity contribution is 0.0735. The van der Waals surface area contributed by atoms with E-state index in [1.807, 2.05) is 66.3 Å². The minimum atomic E-state index is 0.0473. The molecule has 128 valence electrons. The normalized spacial score (nSPS) is 17.2. The van der Waals surface area contributed by atoms with Gasteiger partial charge in [0.15, 0.2) is 0 Å². The van der Waals surface area contributed by atoms with Crippen LogP contribution in [-0.2, 0) is 7.05 Å². The van der Waals surface area contributed by atoms with Crippen molar-refractivity contribution in [1.82, 2.24) is 24.5 Å². The molecule has 0 saturated carbocycles. The van der Waals surface area contributed by atoms with E-state index in [-0.39, 0.29) is 11.9 Å². The molecule has 0 unspecified atom stereocenters. The molecule has 2 aromatic heterocycles. The Balaban J connectivity index is 1.64. The van der Waals surface area contributed by atoms with Gasteiger partial charge < -0.3 is 4.90 Å². The predicted octanol–water partition coefficient (Wildman–Crippen LogP) is 2.89. The van der Waals surface area contributed by atoms with Crippen LogP contribution in [0.4, 0.5) is 0 Å². The van der Waals surface area contributed by atoms with Gasteiger partial charge in [0.25, 0.3) is 5.91 Å². The smallest absolute Gasteiger partial charge is 0.257 e. The number of amides is 1. The number of carbonyl (C=O) groups is 1.